The Balaban J connectivity index is 2.29. The summed E-state index contributed by atoms with van der Waals surface area (Å²) in [7, 11) is 6.07. The summed E-state index contributed by atoms with van der Waals surface area (Å²) >= 11 is 6.18. The second-order valence-electron chi connectivity index (χ2n) is 9.29. The summed E-state index contributed by atoms with van der Waals surface area (Å²) in [5.74, 6) is -3.62. The molecule has 13 heteroatoms. The maximum absolute atomic E-state index is 13.6. The van der Waals surface area contributed by atoms with Crippen LogP contribution < -0.4 is 9.64 Å². The molecule has 4 rings (SSSR count). The minimum atomic E-state index is -0.984. The molecule has 0 radical (unpaired) electrons. The maximum Gasteiger partial charge on any atom is 0.374 e. The molecule has 0 saturated carbocycles. The van der Waals surface area contributed by atoms with E-state index in [1.165, 1.54) is 25.3 Å². The van der Waals surface area contributed by atoms with Crippen LogP contribution >= 0.6 is 11.6 Å². The number of hydrogen-bond donors (Lipinski definition) is 0. The smallest absolute Gasteiger partial charge is 0.374 e. The number of pyridine rings is 1. The van der Waals surface area contributed by atoms with E-state index in [0.717, 1.165) is 21.3 Å². The molecule has 0 N–H and O–H groups in total. The van der Waals surface area contributed by atoms with E-state index in [1.54, 1.807) is 66.7 Å². The van der Waals surface area contributed by atoms with Crippen molar-refractivity contribution >= 4 is 52.5 Å². The van der Waals surface area contributed by atoms with Gasteiger partial charge in [0.2, 0.25) is 5.76 Å². The van der Waals surface area contributed by atoms with Gasteiger partial charge in [-0.1, -0.05) is 17.7 Å². The van der Waals surface area contributed by atoms with Crippen LogP contribution in [0.4, 0.5) is 11.4 Å². The van der Waals surface area contributed by atoms with Gasteiger partial charge in [-0.15, -0.1) is 0 Å². The molecule has 0 atom stereocenters. The molecule has 0 bridgehead atoms. The zero-order valence-corrected chi connectivity index (χ0v) is 26.2. The van der Waals surface area contributed by atoms with E-state index in [9.17, 15) is 19.2 Å². The van der Waals surface area contributed by atoms with Gasteiger partial charge in [0.15, 0.2) is 5.76 Å². The number of anilines is 2. The summed E-state index contributed by atoms with van der Waals surface area (Å²) in [6, 6.07) is 17.8. The van der Waals surface area contributed by atoms with Gasteiger partial charge in [0.05, 0.1) is 58.9 Å². The molecule has 0 spiro atoms. The average molecular weight is 649 g/mol. The lowest BCUT2D eigenvalue weighted by atomic mass is 10.0. The molecule has 0 fully saturated rings. The molecule has 2 aromatic heterocycles. The van der Waals surface area contributed by atoms with Crippen molar-refractivity contribution in [2.24, 2.45) is 0 Å². The number of furan rings is 1. The van der Waals surface area contributed by atoms with Crippen LogP contribution in [0.5, 0.6) is 5.75 Å². The van der Waals surface area contributed by atoms with Gasteiger partial charge in [0.1, 0.15) is 17.0 Å². The van der Waals surface area contributed by atoms with Crippen LogP contribution in [0.15, 0.2) is 82.9 Å². The Morgan fingerprint density at radius 1 is 0.804 bits per heavy atom. The summed E-state index contributed by atoms with van der Waals surface area (Å²) in [6.45, 7) is 0. The van der Waals surface area contributed by atoms with E-state index in [4.69, 9.17) is 39.7 Å². The Labute approximate surface area is 269 Å². The van der Waals surface area contributed by atoms with Crippen molar-refractivity contribution in [3.63, 3.8) is 0 Å². The largest absolute Gasteiger partial charge is 0.497 e. The van der Waals surface area contributed by atoms with Crippen LogP contribution in [-0.2, 0) is 28.5 Å². The molecular formula is C33H29ClN2O10. The van der Waals surface area contributed by atoms with Crippen LogP contribution in [0.3, 0.4) is 0 Å². The molecule has 0 unspecified atom stereocenters. The van der Waals surface area contributed by atoms with Crippen molar-refractivity contribution in [2.75, 3.05) is 40.4 Å². The monoisotopic (exact) mass is 648 g/mol. The third-order valence-electron chi connectivity index (χ3n) is 6.70. The minimum Gasteiger partial charge on any atom is -0.497 e. The van der Waals surface area contributed by atoms with E-state index in [1.807, 2.05) is 0 Å². The second-order valence-corrected chi connectivity index (χ2v) is 9.73. The van der Waals surface area contributed by atoms with Gasteiger partial charge >= 0.3 is 23.9 Å². The Morgan fingerprint density at radius 3 is 2.02 bits per heavy atom. The highest BCUT2D eigenvalue weighted by Crippen LogP contribution is 2.47. The number of methoxy groups -OCH3 is 5. The van der Waals surface area contributed by atoms with Crippen LogP contribution in [0.1, 0.15) is 33.0 Å². The summed E-state index contributed by atoms with van der Waals surface area (Å²) in [5, 5.41) is 0.408. The fourth-order valence-corrected chi connectivity index (χ4v) is 4.69. The fourth-order valence-electron chi connectivity index (χ4n) is 4.56. The molecule has 2 heterocycles. The summed E-state index contributed by atoms with van der Waals surface area (Å²) in [4.78, 5) is 58.9. The van der Waals surface area contributed by atoms with E-state index in [0.29, 0.717) is 22.0 Å². The first-order valence-electron chi connectivity index (χ1n) is 13.5. The molecule has 0 aliphatic rings. The number of aromatic nitrogens is 1. The Bertz CT molecular complexity index is 1760. The minimum absolute atomic E-state index is 0.000555. The van der Waals surface area contributed by atoms with E-state index >= 15 is 0 Å². The predicted molar refractivity (Wildman–Crippen MR) is 167 cm³/mol. The fraction of sp³-hybridized carbons (Fsp3) is 0.182. The Morgan fingerprint density at radius 2 is 1.48 bits per heavy atom. The van der Waals surface area contributed by atoms with E-state index in [-0.39, 0.29) is 34.0 Å². The molecule has 46 heavy (non-hydrogen) atoms. The lowest BCUT2D eigenvalue weighted by Gasteiger charge is -2.30. The van der Waals surface area contributed by atoms with Crippen molar-refractivity contribution in [3.8, 4) is 17.1 Å². The summed E-state index contributed by atoms with van der Waals surface area (Å²) in [6.07, 6.45) is 0.915. The predicted octanol–water partition coefficient (Wildman–Crippen LogP) is 5.86. The van der Waals surface area contributed by atoms with E-state index < -0.39 is 36.1 Å². The third-order valence-corrected chi connectivity index (χ3v) is 6.95. The van der Waals surface area contributed by atoms with Crippen LogP contribution in [0.25, 0.3) is 17.0 Å². The molecule has 2 aromatic carbocycles. The first-order chi connectivity index (χ1) is 22.2. The maximum atomic E-state index is 13.6. The number of benzene rings is 2. The SMILES string of the molecule is COC(=O)C/C(C(=O)OC)=C(/c1ccccn1)N(c1ccc(OC)cc1)c1c(-c2ccc(Cl)cc2)oc(C(=O)OC)c1C(=O)OC. The summed E-state index contributed by atoms with van der Waals surface area (Å²) in [5.41, 5.74) is 0.304. The van der Waals surface area contributed by atoms with Crippen molar-refractivity contribution in [1.29, 1.82) is 0 Å². The standard InChI is InChI=1S/C33H29ClN2O10/c1-41-22-15-13-21(14-16-22)36(27(24-8-6-7-17-35-24)23(31(38)43-3)18-25(37)42-2)28-26(32(39)44-4)30(33(40)45-5)46-29(28)19-9-11-20(34)12-10-19/h6-17H,18H2,1-5H3/b27-23+. The van der Waals surface area contributed by atoms with Crippen molar-refractivity contribution < 1.29 is 47.3 Å². The number of esters is 4. The normalized spacial score (nSPS) is 11.2. The van der Waals surface area contributed by atoms with Gasteiger partial charge in [-0.05, 0) is 60.7 Å². The lowest BCUT2D eigenvalue weighted by Crippen LogP contribution is -2.25. The number of hydrogen-bond acceptors (Lipinski definition) is 12. The zero-order chi connectivity index (χ0) is 33.4. The number of ether oxygens (including phenoxy) is 5. The second kappa shape index (κ2) is 14.9. The van der Waals surface area contributed by atoms with Crippen molar-refractivity contribution in [1.82, 2.24) is 4.98 Å². The number of nitrogens with zero attached hydrogens (tertiary/aromatic N) is 2. The average Bonchev–Trinajstić information content (AvgIpc) is 3.49. The lowest BCUT2D eigenvalue weighted by molar-refractivity contribution is -0.143. The van der Waals surface area contributed by atoms with E-state index in [2.05, 4.69) is 4.98 Å². The molecule has 12 nitrogen and oxygen atoms in total. The molecule has 0 amide bonds. The Kier molecular flexibility index (Phi) is 10.8. The Hall–Kier alpha value is -5.62. The third kappa shape index (κ3) is 6.87. The number of rotatable bonds is 11. The quantitative estimate of drug-likeness (QED) is 0.109. The topological polar surface area (TPSA) is 144 Å². The highest BCUT2D eigenvalue weighted by Gasteiger charge is 2.38. The molecule has 0 aliphatic heterocycles. The number of halogens is 1. The van der Waals surface area contributed by atoms with Crippen molar-refractivity contribution in [3.05, 3.63) is 101 Å². The van der Waals surface area contributed by atoms with Crippen molar-refractivity contribution in [2.45, 2.75) is 6.42 Å². The van der Waals surface area contributed by atoms with Crippen LogP contribution in [0.2, 0.25) is 5.02 Å². The molecule has 0 saturated heterocycles. The number of carbonyl (C=O) groups is 4. The van der Waals surface area contributed by atoms with Gasteiger partial charge in [0.25, 0.3) is 0 Å². The van der Waals surface area contributed by atoms with Crippen LogP contribution in [-0.4, -0.2) is 64.4 Å². The van der Waals surface area contributed by atoms with Gasteiger partial charge < -0.3 is 33.0 Å². The van der Waals surface area contributed by atoms with Gasteiger partial charge in [0, 0.05) is 22.5 Å². The highest BCUT2D eigenvalue weighted by molar-refractivity contribution is 6.30. The first kappa shape index (κ1) is 33.3. The zero-order valence-electron chi connectivity index (χ0n) is 25.5. The molecule has 238 valence electrons. The summed E-state index contributed by atoms with van der Waals surface area (Å²) < 4.78 is 31.6. The molecule has 0 aliphatic carbocycles. The first-order valence-corrected chi connectivity index (χ1v) is 13.9. The van der Waals surface area contributed by atoms with Gasteiger partial charge in [-0.3, -0.25) is 9.78 Å². The molecular weight excluding hydrogens is 620 g/mol. The molecule has 4 aromatic rings. The van der Waals surface area contributed by atoms with Gasteiger partial charge in [-0.2, -0.15) is 0 Å². The van der Waals surface area contributed by atoms with Crippen LogP contribution in [0, 0.1) is 0 Å². The number of carbonyl (C=O) groups excluding carboxylic acids is 4. The van der Waals surface area contributed by atoms with Gasteiger partial charge in [-0.25, -0.2) is 14.4 Å². The highest BCUT2D eigenvalue weighted by atomic mass is 35.5.